The highest BCUT2D eigenvalue weighted by atomic mass is 16.6. The Kier molecular flexibility index (Phi) is 5.15. The lowest BCUT2D eigenvalue weighted by Gasteiger charge is -2.27. The second-order valence-electron chi connectivity index (χ2n) is 5.89. The minimum Gasteiger partial charge on any atom is -0.443 e. The summed E-state index contributed by atoms with van der Waals surface area (Å²) in [6.07, 6.45) is -0.149. The number of amides is 1. The lowest BCUT2D eigenvalue weighted by atomic mass is 10.1. The summed E-state index contributed by atoms with van der Waals surface area (Å²) < 4.78 is 5.41. The van der Waals surface area contributed by atoms with Crippen LogP contribution in [0.4, 0.5) is 10.5 Å². The van der Waals surface area contributed by atoms with Gasteiger partial charge >= 0.3 is 6.09 Å². The van der Waals surface area contributed by atoms with Crippen LogP contribution >= 0.6 is 0 Å². The summed E-state index contributed by atoms with van der Waals surface area (Å²) in [7, 11) is 0. The molecule has 1 rings (SSSR count). The highest BCUT2D eigenvalue weighted by Gasteiger charge is 2.23. The van der Waals surface area contributed by atoms with Crippen molar-refractivity contribution in [3.63, 3.8) is 0 Å². The van der Waals surface area contributed by atoms with E-state index in [1.807, 2.05) is 52.8 Å². The van der Waals surface area contributed by atoms with Crippen LogP contribution in [0, 0.1) is 25.2 Å². The first-order chi connectivity index (χ1) is 9.23. The van der Waals surface area contributed by atoms with Gasteiger partial charge in [-0.1, -0.05) is 6.07 Å². The van der Waals surface area contributed by atoms with E-state index in [4.69, 9.17) is 10.00 Å². The highest BCUT2D eigenvalue weighted by Crippen LogP contribution is 2.21. The van der Waals surface area contributed by atoms with E-state index in [1.54, 1.807) is 0 Å². The van der Waals surface area contributed by atoms with E-state index in [2.05, 4.69) is 6.07 Å². The van der Waals surface area contributed by atoms with Crippen LogP contribution in [0.25, 0.3) is 0 Å². The molecule has 1 aromatic carbocycles. The number of hydrogen-bond donors (Lipinski definition) is 0. The average Bonchev–Trinajstić information content (AvgIpc) is 2.25. The largest absolute Gasteiger partial charge is 0.443 e. The number of carbonyl (C=O) groups is 1. The molecule has 108 valence electrons. The van der Waals surface area contributed by atoms with Crippen LogP contribution in [0.15, 0.2) is 18.2 Å². The number of aryl methyl sites for hydroxylation is 2. The molecule has 4 heteroatoms. The molecule has 0 bridgehead atoms. The predicted octanol–water partition coefficient (Wildman–Crippen LogP) is 3.96. The topological polar surface area (TPSA) is 53.3 Å². The zero-order valence-corrected chi connectivity index (χ0v) is 12.9. The molecule has 1 amide bonds. The molecule has 20 heavy (non-hydrogen) atoms. The summed E-state index contributed by atoms with van der Waals surface area (Å²) >= 11 is 0. The zero-order valence-electron chi connectivity index (χ0n) is 12.9. The van der Waals surface area contributed by atoms with Gasteiger partial charge in [0.1, 0.15) is 5.60 Å². The van der Waals surface area contributed by atoms with Crippen molar-refractivity contribution in [1.29, 1.82) is 5.26 Å². The summed E-state index contributed by atoms with van der Waals surface area (Å²) in [6.45, 7) is 9.77. The third kappa shape index (κ3) is 4.93. The Morgan fingerprint density at radius 1 is 1.25 bits per heavy atom. The van der Waals surface area contributed by atoms with Crippen molar-refractivity contribution in [1.82, 2.24) is 0 Å². The molecule has 0 spiro atoms. The maximum Gasteiger partial charge on any atom is 0.414 e. The third-order valence-electron chi connectivity index (χ3n) is 2.58. The number of nitriles is 1. The van der Waals surface area contributed by atoms with E-state index in [1.165, 1.54) is 4.90 Å². The van der Waals surface area contributed by atoms with Crippen molar-refractivity contribution in [3.8, 4) is 6.07 Å². The smallest absolute Gasteiger partial charge is 0.414 e. The van der Waals surface area contributed by atoms with Crippen LogP contribution in [0.5, 0.6) is 0 Å². The van der Waals surface area contributed by atoms with Crippen molar-refractivity contribution >= 4 is 11.8 Å². The fourth-order valence-electron chi connectivity index (χ4n) is 1.91. The first kappa shape index (κ1) is 16.0. The number of anilines is 1. The third-order valence-corrected chi connectivity index (χ3v) is 2.58. The van der Waals surface area contributed by atoms with Crippen molar-refractivity contribution in [2.24, 2.45) is 0 Å². The molecular formula is C16H22N2O2. The molecule has 0 unspecified atom stereocenters. The molecule has 0 N–H and O–H groups in total. The van der Waals surface area contributed by atoms with Gasteiger partial charge in [-0.05, 0) is 57.9 Å². The molecule has 0 saturated carbocycles. The molecule has 0 saturated heterocycles. The van der Waals surface area contributed by atoms with E-state index < -0.39 is 11.7 Å². The van der Waals surface area contributed by atoms with Crippen molar-refractivity contribution in [3.05, 3.63) is 29.3 Å². The van der Waals surface area contributed by atoms with Gasteiger partial charge in [0.2, 0.25) is 0 Å². The lowest BCUT2D eigenvalue weighted by Crippen LogP contribution is -2.37. The molecule has 0 aromatic heterocycles. The molecule has 1 aromatic rings. The number of hydrogen-bond acceptors (Lipinski definition) is 3. The van der Waals surface area contributed by atoms with E-state index in [0.29, 0.717) is 6.54 Å². The second kappa shape index (κ2) is 6.42. The average molecular weight is 274 g/mol. The first-order valence-electron chi connectivity index (χ1n) is 6.69. The number of carbonyl (C=O) groups excluding carboxylic acids is 1. The molecule has 4 nitrogen and oxygen atoms in total. The Labute approximate surface area is 121 Å². The van der Waals surface area contributed by atoms with Crippen LogP contribution in [0.3, 0.4) is 0 Å². The van der Waals surface area contributed by atoms with Gasteiger partial charge < -0.3 is 4.74 Å². The number of benzene rings is 1. The maximum atomic E-state index is 12.3. The van der Waals surface area contributed by atoms with Gasteiger partial charge in [-0.15, -0.1) is 0 Å². The molecule has 0 aliphatic rings. The Morgan fingerprint density at radius 2 is 1.80 bits per heavy atom. The molecule has 0 radical (unpaired) electrons. The minimum atomic E-state index is -0.555. The summed E-state index contributed by atoms with van der Waals surface area (Å²) in [6, 6.07) is 7.96. The summed E-state index contributed by atoms with van der Waals surface area (Å²) in [4.78, 5) is 13.8. The van der Waals surface area contributed by atoms with Gasteiger partial charge in [0.05, 0.1) is 12.5 Å². The SMILES string of the molecule is Cc1cc(C)cc(N(CCC#N)C(=O)OC(C)(C)C)c1. The standard InChI is InChI=1S/C16H22N2O2/c1-12-9-13(2)11-14(10-12)18(8-6-7-17)15(19)20-16(3,4)5/h9-11H,6,8H2,1-5H3. The zero-order chi connectivity index (χ0) is 15.3. The van der Waals surface area contributed by atoms with E-state index in [0.717, 1.165) is 16.8 Å². The second-order valence-corrected chi connectivity index (χ2v) is 5.89. The minimum absolute atomic E-state index is 0.270. The van der Waals surface area contributed by atoms with Crippen LogP contribution in [0.1, 0.15) is 38.3 Å². The summed E-state index contributed by atoms with van der Waals surface area (Å²) in [5, 5.41) is 8.76. The molecular weight excluding hydrogens is 252 g/mol. The van der Waals surface area contributed by atoms with Gasteiger partial charge in [-0.3, -0.25) is 4.90 Å². The van der Waals surface area contributed by atoms with Crippen molar-refractivity contribution in [2.45, 2.75) is 46.6 Å². The summed E-state index contributed by atoms with van der Waals surface area (Å²) in [5.74, 6) is 0. The van der Waals surface area contributed by atoms with E-state index in [9.17, 15) is 4.79 Å². The van der Waals surface area contributed by atoms with Gasteiger partial charge in [-0.25, -0.2) is 4.79 Å². The molecule has 0 fully saturated rings. The highest BCUT2D eigenvalue weighted by molar-refractivity contribution is 5.88. The van der Waals surface area contributed by atoms with Gasteiger partial charge in [0.25, 0.3) is 0 Å². The fraction of sp³-hybridized carbons (Fsp3) is 0.500. The van der Waals surface area contributed by atoms with Crippen LogP contribution in [-0.4, -0.2) is 18.2 Å². The number of nitrogens with zero attached hydrogens (tertiary/aromatic N) is 2. The predicted molar refractivity (Wildman–Crippen MR) is 79.7 cm³/mol. The quantitative estimate of drug-likeness (QED) is 0.838. The number of ether oxygens (including phenoxy) is 1. The first-order valence-corrected chi connectivity index (χ1v) is 6.69. The Bertz CT molecular complexity index is 504. The number of rotatable bonds is 3. The van der Waals surface area contributed by atoms with Gasteiger partial charge in [-0.2, -0.15) is 5.26 Å². The Hall–Kier alpha value is -2.02. The van der Waals surface area contributed by atoms with Crippen LogP contribution in [0.2, 0.25) is 0 Å². The van der Waals surface area contributed by atoms with E-state index in [-0.39, 0.29) is 6.42 Å². The Morgan fingerprint density at radius 3 is 2.25 bits per heavy atom. The van der Waals surface area contributed by atoms with Gasteiger partial charge in [0.15, 0.2) is 0 Å². The fourth-order valence-corrected chi connectivity index (χ4v) is 1.91. The molecule has 0 aliphatic carbocycles. The monoisotopic (exact) mass is 274 g/mol. The van der Waals surface area contributed by atoms with E-state index >= 15 is 0 Å². The molecule has 0 aliphatic heterocycles. The van der Waals surface area contributed by atoms with Crippen LogP contribution in [-0.2, 0) is 4.74 Å². The summed E-state index contributed by atoms with van der Waals surface area (Å²) in [5.41, 5.74) is 2.36. The molecule has 0 atom stereocenters. The normalized spacial score (nSPS) is 10.8. The molecule has 0 heterocycles. The van der Waals surface area contributed by atoms with Crippen molar-refractivity contribution in [2.75, 3.05) is 11.4 Å². The lowest BCUT2D eigenvalue weighted by molar-refractivity contribution is 0.0581. The van der Waals surface area contributed by atoms with Crippen molar-refractivity contribution < 1.29 is 9.53 Å². The maximum absolute atomic E-state index is 12.3. The van der Waals surface area contributed by atoms with Crippen LogP contribution < -0.4 is 4.90 Å². The van der Waals surface area contributed by atoms with Gasteiger partial charge in [0, 0.05) is 12.2 Å². The Balaban J connectivity index is 3.05.